The molecule has 2 unspecified atom stereocenters. The van der Waals surface area contributed by atoms with Crippen LogP contribution in [0.4, 0.5) is 18.9 Å². The number of dihydropyridines is 1. The summed E-state index contributed by atoms with van der Waals surface area (Å²) in [4.78, 5) is 17.5. The fourth-order valence-electron chi connectivity index (χ4n) is 2.75. The Bertz CT molecular complexity index is 807. The van der Waals surface area contributed by atoms with Gasteiger partial charge < -0.3 is 9.64 Å². The van der Waals surface area contributed by atoms with Gasteiger partial charge in [-0.25, -0.2) is 23.0 Å². The third kappa shape index (κ3) is 3.42. The van der Waals surface area contributed by atoms with Gasteiger partial charge in [-0.15, -0.1) is 0 Å². The first-order chi connectivity index (χ1) is 11.9. The molecule has 0 aliphatic carbocycles. The minimum atomic E-state index is -1.59. The Morgan fingerprint density at radius 3 is 2.88 bits per heavy atom. The van der Waals surface area contributed by atoms with Gasteiger partial charge in [-0.05, 0) is 30.7 Å². The van der Waals surface area contributed by atoms with Crippen LogP contribution in [0.3, 0.4) is 0 Å². The van der Waals surface area contributed by atoms with Gasteiger partial charge >= 0.3 is 5.97 Å². The topological polar surface area (TPSA) is 41.9 Å². The molecule has 0 N–H and O–H groups in total. The first kappa shape index (κ1) is 17.5. The Morgan fingerprint density at radius 1 is 1.44 bits per heavy atom. The van der Waals surface area contributed by atoms with Crippen LogP contribution >= 0.6 is 11.6 Å². The first-order valence-corrected chi connectivity index (χ1v) is 7.97. The number of allylic oxidation sites excluding steroid dienone is 1. The molecule has 1 aromatic carbocycles. The summed E-state index contributed by atoms with van der Waals surface area (Å²) in [6.07, 6.45) is 0.340. The van der Waals surface area contributed by atoms with E-state index in [-0.39, 0.29) is 29.5 Å². The molecule has 0 bridgehead atoms. The van der Waals surface area contributed by atoms with Crippen LogP contribution in [-0.2, 0) is 9.53 Å². The summed E-state index contributed by atoms with van der Waals surface area (Å²) in [5.74, 6) is -2.17. The highest BCUT2D eigenvalue weighted by Gasteiger charge is 2.35. The van der Waals surface area contributed by atoms with Gasteiger partial charge in [0.15, 0.2) is 6.17 Å². The highest BCUT2D eigenvalue weighted by atomic mass is 35.5. The molecule has 0 spiro atoms. The van der Waals surface area contributed by atoms with E-state index in [4.69, 9.17) is 16.3 Å². The van der Waals surface area contributed by atoms with E-state index in [1.165, 1.54) is 23.2 Å². The van der Waals surface area contributed by atoms with Crippen LogP contribution in [0.2, 0.25) is 0 Å². The Kier molecular flexibility index (Phi) is 4.85. The van der Waals surface area contributed by atoms with Crippen molar-refractivity contribution < 1.29 is 22.7 Å². The lowest BCUT2D eigenvalue weighted by Gasteiger charge is -2.36. The highest BCUT2D eigenvalue weighted by Crippen LogP contribution is 2.36. The molecule has 25 heavy (non-hydrogen) atoms. The zero-order chi connectivity index (χ0) is 18.1. The molecule has 0 aromatic heterocycles. The number of halogens is 4. The summed E-state index contributed by atoms with van der Waals surface area (Å²) < 4.78 is 46.3. The van der Waals surface area contributed by atoms with E-state index in [1.807, 2.05) is 0 Å². The smallest absolute Gasteiger partial charge is 0.335 e. The van der Waals surface area contributed by atoms with Crippen LogP contribution in [0.5, 0.6) is 0 Å². The molecule has 0 saturated carbocycles. The normalized spacial score (nSPS) is 22.6. The van der Waals surface area contributed by atoms with Crippen molar-refractivity contribution in [3.63, 3.8) is 0 Å². The number of alkyl halides is 1. The van der Waals surface area contributed by atoms with E-state index in [1.54, 1.807) is 6.92 Å². The van der Waals surface area contributed by atoms with E-state index >= 15 is 0 Å². The van der Waals surface area contributed by atoms with Crippen LogP contribution in [0, 0.1) is 11.6 Å². The van der Waals surface area contributed by atoms with Gasteiger partial charge in [-0.1, -0.05) is 11.6 Å². The van der Waals surface area contributed by atoms with Gasteiger partial charge in [0.2, 0.25) is 0 Å². The van der Waals surface area contributed by atoms with Gasteiger partial charge in [-0.3, -0.25) is 0 Å². The van der Waals surface area contributed by atoms with Gasteiger partial charge in [0.05, 0.1) is 17.9 Å². The molecule has 0 amide bonds. The van der Waals surface area contributed by atoms with E-state index < -0.39 is 29.9 Å². The number of hydrogen-bond donors (Lipinski definition) is 0. The van der Waals surface area contributed by atoms with Gasteiger partial charge in [0, 0.05) is 18.7 Å². The molecule has 8 heteroatoms. The number of aliphatic imine (C=N–C) groups is 1. The van der Waals surface area contributed by atoms with Crippen LogP contribution in [0.25, 0.3) is 0 Å². The van der Waals surface area contributed by atoms with Crippen molar-refractivity contribution in [2.75, 3.05) is 11.5 Å². The second-order valence-corrected chi connectivity index (χ2v) is 5.91. The standard InChI is InChI=1S/C17H14ClF3N2O2/c1-2-25-17(24)10-5-9-6-13(21)15(18)22-16(9)23(8-10)14-4-3-11(19)7-12(14)20/h3-4,6-8,13,16H,2,5H2,1H3. The van der Waals surface area contributed by atoms with E-state index in [0.29, 0.717) is 5.57 Å². The number of benzene rings is 1. The molecule has 0 radical (unpaired) electrons. The first-order valence-electron chi connectivity index (χ1n) is 7.59. The molecule has 4 nitrogen and oxygen atoms in total. The molecule has 1 aromatic rings. The third-order valence-electron chi connectivity index (χ3n) is 3.84. The minimum absolute atomic E-state index is 0.00989. The summed E-state index contributed by atoms with van der Waals surface area (Å²) in [5, 5.41) is -0.269. The minimum Gasteiger partial charge on any atom is -0.463 e. The molecule has 2 aliphatic heterocycles. The summed E-state index contributed by atoms with van der Waals surface area (Å²) in [6, 6.07) is 3.02. The van der Waals surface area contributed by atoms with Crippen molar-refractivity contribution in [3.05, 3.63) is 53.3 Å². The maximum Gasteiger partial charge on any atom is 0.335 e. The monoisotopic (exact) mass is 370 g/mol. The average Bonchev–Trinajstić information content (AvgIpc) is 2.55. The van der Waals surface area contributed by atoms with Gasteiger partial charge in [0.25, 0.3) is 0 Å². The van der Waals surface area contributed by atoms with Crippen molar-refractivity contribution in [2.24, 2.45) is 4.99 Å². The fraction of sp³-hybridized carbons (Fsp3) is 0.294. The zero-order valence-electron chi connectivity index (χ0n) is 13.2. The predicted octanol–water partition coefficient (Wildman–Crippen LogP) is 3.86. The average molecular weight is 371 g/mol. The van der Waals surface area contributed by atoms with Gasteiger partial charge in [0.1, 0.15) is 23.0 Å². The summed E-state index contributed by atoms with van der Waals surface area (Å²) in [7, 11) is 0. The predicted molar refractivity (Wildman–Crippen MR) is 88.2 cm³/mol. The maximum absolute atomic E-state index is 14.2. The Hall–Kier alpha value is -2.28. The van der Waals surface area contributed by atoms with E-state index in [0.717, 1.165) is 12.1 Å². The van der Waals surface area contributed by atoms with E-state index in [9.17, 15) is 18.0 Å². The molecule has 2 heterocycles. The van der Waals surface area contributed by atoms with Crippen molar-refractivity contribution in [1.29, 1.82) is 0 Å². The van der Waals surface area contributed by atoms with Crippen LogP contribution in [-0.4, -0.2) is 30.1 Å². The summed E-state index contributed by atoms with van der Waals surface area (Å²) in [6.45, 7) is 1.82. The number of carbonyl (C=O) groups excluding carboxylic acids is 1. The molecule has 0 saturated heterocycles. The number of fused-ring (bicyclic) bond motifs is 1. The third-order valence-corrected chi connectivity index (χ3v) is 4.15. The van der Waals surface area contributed by atoms with Crippen molar-refractivity contribution >= 4 is 28.4 Å². The Labute approximate surface area is 147 Å². The lowest BCUT2D eigenvalue weighted by Crippen LogP contribution is -2.40. The molecular weight excluding hydrogens is 357 g/mol. The van der Waals surface area contributed by atoms with Crippen LogP contribution < -0.4 is 4.90 Å². The number of esters is 1. The fourth-order valence-corrected chi connectivity index (χ4v) is 2.90. The van der Waals surface area contributed by atoms with Crippen molar-refractivity contribution in [3.8, 4) is 0 Å². The van der Waals surface area contributed by atoms with Crippen LogP contribution in [0.15, 0.2) is 46.6 Å². The molecule has 0 fully saturated rings. The molecule has 2 aliphatic rings. The second-order valence-electron chi connectivity index (χ2n) is 5.52. The number of anilines is 1. The lowest BCUT2D eigenvalue weighted by atomic mass is 9.95. The summed E-state index contributed by atoms with van der Waals surface area (Å²) >= 11 is 5.79. The Morgan fingerprint density at radius 2 is 2.20 bits per heavy atom. The SMILES string of the molecule is CCOC(=O)C1=CN(c2ccc(F)cc2F)C2N=C(Cl)C(F)C=C2C1. The van der Waals surface area contributed by atoms with Crippen molar-refractivity contribution in [1.82, 2.24) is 0 Å². The molecule has 3 rings (SSSR count). The largest absolute Gasteiger partial charge is 0.463 e. The highest BCUT2D eigenvalue weighted by molar-refractivity contribution is 6.66. The number of hydrogen-bond acceptors (Lipinski definition) is 4. The quantitative estimate of drug-likeness (QED) is 0.599. The van der Waals surface area contributed by atoms with E-state index in [2.05, 4.69) is 4.99 Å². The molecule has 132 valence electrons. The van der Waals surface area contributed by atoms with Crippen LogP contribution in [0.1, 0.15) is 13.3 Å². The molecule has 2 atom stereocenters. The number of nitrogens with zero attached hydrogens (tertiary/aromatic N) is 2. The number of rotatable bonds is 3. The zero-order valence-corrected chi connectivity index (χ0v) is 13.9. The van der Waals surface area contributed by atoms with Crippen molar-refractivity contribution in [2.45, 2.75) is 25.7 Å². The summed E-state index contributed by atoms with van der Waals surface area (Å²) in [5.41, 5.74) is 0.656. The lowest BCUT2D eigenvalue weighted by molar-refractivity contribution is -0.138. The van der Waals surface area contributed by atoms with Gasteiger partial charge in [-0.2, -0.15) is 0 Å². The molecular formula is C17H14ClF3N2O2. The maximum atomic E-state index is 14.2. The second kappa shape index (κ2) is 6.92. The number of ether oxygens (including phenoxy) is 1. The Balaban J connectivity index is 2.09. The number of carbonyl (C=O) groups is 1.